The normalized spacial score (nSPS) is 15.9. The molecule has 0 aliphatic carbocycles. The number of esters is 1. The van der Waals surface area contributed by atoms with Gasteiger partial charge in [-0.15, -0.1) is 0 Å². The van der Waals surface area contributed by atoms with Crippen molar-refractivity contribution < 1.29 is 14.3 Å². The Bertz CT molecular complexity index is 761. The third-order valence-corrected chi connectivity index (χ3v) is 4.78. The van der Waals surface area contributed by atoms with Crippen molar-refractivity contribution in [2.24, 2.45) is 5.92 Å². The molecule has 142 valence electrons. The van der Waals surface area contributed by atoms with E-state index in [2.05, 4.69) is 14.9 Å². The minimum atomic E-state index is -0.821. The maximum atomic E-state index is 12.5. The van der Waals surface area contributed by atoms with Crippen LogP contribution in [-0.4, -0.2) is 48.1 Å². The first-order valence-corrected chi connectivity index (χ1v) is 9.11. The number of carbonyl (C=O) groups excluding carboxylic acids is 2. The zero-order chi connectivity index (χ0) is 19.2. The predicted octanol–water partition coefficient (Wildman–Crippen LogP) is 2.29. The number of hydrogen-bond donors (Lipinski definition) is 0. The molecule has 0 saturated carbocycles. The number of hydrogen-bond acceptors (Lipinski definition) is 6. The third kappa shape index (κ3) is 4.61. The van der Waals surface area contributed by atoms with E-state index in [0.717, 1.165) is 5.69 Å². The van der Waals surface area contributed by atoms with E-state index >= 15 is 0 Å². The number of carbonyl (C=O) groups is 2. The summed E-state index contributed by atoms with van der Waals surface area (Å²) >= 11 is 0. The SMILES string of the molecule is C[C@H](OC(=O)C1CCN(c2ncccn2)CC1)C(=O)N(C)c1ccccc1. The van der Waals surface area contributed by atoms with E-state index in [9.17, 15) is 9.59 Å². The summed E-state index contributed by atoms with van der Waals surface area (Å²) in [6.07, 6.45) is 3.91. The molecule has 2 aromatic rings. The van der Waals surface area contributed by atoms with Crippen LogP contribution in [0, 0.1) is 5.92 Å². The molecule has 7 nitrogen and oxygen atoms in total. The summed E-state index contributed by atoms with van der Waals surface area (Å²) in [5.41, 5.74) is 0.765. The van der Waals surface area contributed by atoms with Crippen LogP contribution in [0.2, 0.25) is 0 Å². The van der Waals surface area contributed by atoms with Gasteiger partial charge in [0.2, 0.25) is 5.95 Å². The smallest absolute Gasteiger partial charge is 0.309 e. The minimum absolute atomic E-state index is 0.206. The number of para-hydroxylation sites is 1. The van der Waals surface area contributed by atoms with Gasteiger partial charge in [0.15, 0.2) is 6.10 Å². The van der Waals surface area contributed by atoms with Crippen LogP contribution in [0.25, 0.3) is 0 Å². The molecule has 27 heavy (non-hydrogen) atoms. The van der Waals surface area contributed by atoms with Crippen molar-refractivity contribution in [2.45, 2.75) is 25.9 Å². The molecule has 0 N–H and O–H groups in total. The third-order valence-electron chi connectivity index (χ3n) is 4.78. The van der Waals surface area contributed by atoms with Gasteiger partial charge in [0, 0.05) is 38.2 Å². The molecule has 7 heteroatoms. The molecule has 1 saturated heterocycles. The Labute approximate surface area is 159 Å². The van der Waals surface area contributed by atoms with Crippen molar-refractivity contribution in [3.63, 3.8) is 0 Å². The van der Waals surface area contributed by atoms with E-state index in [1.54, 1.807) is 32.4 Å². The number of benzene rings is 1. The molecule has 1 aliphatic heterocycles. The zero-order valence-corrected chi connectivity index (χ0v) is 15.6. The highest BCUT2D eigenvalue weighted by atomic mass is 16.5. The zero-order valence-electron chi connectivity index (χ0n) is 15.6. The molecule has 1 aromatic heterocycles. The maximum Gasteiger partial charge on any atom is 0.309 e. The Kier molecular flexibility index (Phi) is 6.01. The van der Waals surface area contributed by atoms with Crippen molar-refractivity contribution in [1.29, 1.82) is 0 Å². The molecular weight excluding hydrogens is 344 g/mol. The Morgan fingerprint density at radius 2 is 1.74 bits per heavy atom. The van der Waals surface area contributed by atoms with Crippen molar-refractivity contribution in [1.82, 2.24) is 9.97 Å². The van der Waals surface area contributed by atoms with Crippen LogP contribution in [0.3, 0.4) is 0 Å². The second kappa shape index (κ2) is 8.62. The average Bonchev–Trinajstić information content (AvgIpc) is 2.74. The molecule has 1 fully saturated rings. The highest BCUT2D eigenvalue weighted by molar-refractivity contribution is 5.96. The Hall–Kier alpha value is -2.96. The van der Waals surface area contributed by atoms with E-state index in [4.69, 9.17) is 4.74 Å². The van der Waals surface area contributed by atoms with E-state index in [0.29, 0.717) is 31.9 Å². The number of nitrogens with zero attached hydrogens (tertiary/aromatic N) is 4. The van der Waals surface area contributed by atoms with Crippen molar-refractivity contribution in [2.75, 3.05) is 29.9 Å². The molecule has 1 aromatic carbocycles. The molecule has 0 bridgehead atoms. The van der Waals surface area contributed by atoms with Gasteiger partial charge in [-0.05, 0) is 38.0 Å². The van der Waals surface area contributed by atoms with Gasteiger partial charge in [-0.25, -0.2) is 9.97 Å². The second-order valence-electron chi connectivity index (χ2n) is 6.62. The molecule has 1 atom stereocenters. The van der Waals surface area contributed by atoms with Gasteiger partial charge in [0.1, 0.15) is 0 Å². The van der Waals surface area contributed by atoms with Gasteiger partial charge in [0.25, 0.3) is 5.91 Å². The Morgan fingerprint density at radius 3 is 2.37 bits per heavy atom. The van der Waals surface area contributed by atoms with E-state index in [1.165, 1.54) is 4.90 Å². The summed E-state index contributed by atoms with van der Waals surface area (Å²) in [7, 11) is 1.68. The van der Waals surface area contributed by atoms with Crippen LogP contribution in [0.4, 0.5) is 11.6 Å². The van der Waals surface area contributed by atoms with Crippen LogP contribution in [0.5, 0.6) is 0 Å². The molecule has 3 rings (SSSR count). The first kappa shape index (κ1) is 18.8. The summed E-state index contributed by atoms with van der Waals surface area (Å²) < 4.78 is 5.46. The number of amides is 1. The van der Waals surface area contributed by atoms with Gasteiger partial charge in [-0.3, -0.25) is 9.59 Å². The number of piperidine rings is 1. The summed E-state index contributed by atoms with van der Waals surface area (Å²) in [6.45, 7) is 3.00. The quantitative estimate of drug-likeness (QED) is 0.754. The first-order valence-electron chi connectivity index (χ1n) is 9.11. The van der Waals surface area contributed by atoms with E-state index in [1.807, 2.05) is 30.3 Å². The summed E-state index contributed by atoms with van der Waals surface area (Å²) in [5.74, 6) is -0.0878. The fraction of sp³-hybridized carbons (Fsp3) is 0.400. The maximum absolute atomic E-state index is 12.5. The van der Waals surface area contributed by atoms with Crippen LogP contribution in [0.15, 0.2) is 48.8 Å². The van der Waals surface area contributed by atoms with Crippen molar-refractivity contribution in [3.05, 3.63) is 48.8 Å². The van der Waals surface area contributed by atoms with Crippen molar-refractivity contribution >= 4 is 23.5 Å². The van der Waals surface area contributed by atoms with Crippen LogP contribution < -0.4 is 9.80 Å². The predicted molar refractivity (Wildman–Crippen MR) is 102 cm³/mol. The summed E-state index contributed by atoms with van der Waals surface area (Å²) in [6, 6.07) is 11.1. The van der Waals surface area contributed by atoms with E-state index < -0.39 is 6.10 Å². The topological polar surface area (TPSA) is 75.6 Å². The van der Waals surface area contributed by atoms with Crippen LogP contribution >= 0.6 is 0 Å². The van der Waals surface area contributed by atoms with Crippen LogP contribution in [-0.2, 0) is 14.3 Å². The number of anilines is 2. The summed E-state index contributed by atoms with van der Waals surface area (Å²) in [5, 5.41) is 0. The lowest BCUT2D eigenvalue weighted by molar-refractivity contribution is -0.158. The van der Waals surface area contributed by atoms with Gasteiger partial charge < -0.3 is 14.5 Å². The van der Waals surface area contributed by atoms with Gasteiger partial charge in [0.05, 0.1) is 5.92 Å². The second-order valence-corrected chi connectivity index (χ2v) is 6.62. The molecule has 2 heterocycles. The van der Waals surface area contributed by atoms with Crippen LogP contribution in [0.1, 0.15) is 19.8 Å². The number of rotatable bonds is 5. The van der Waals surface area contributed by atoms with Gasteiger partial charge in [-0.1, -0.05) is 18.2 Å². The Morgan fingerprint density at radius 1 is 1.11 bits per heavy atom. The number of aromatic nitrogens is 2. The standard InChI is InChI=1S/C20H24N4O3/c1-15(18(25)23(2)17-7-4-3-5-8-17)27-19(26)16-9-13-24(14-10-16)20-21-11-6-12-22-20/h3-8,11-12,15-16H,9-10,13-14H2,1-2H3/t15-/m0/s1. The van der Waals surface area contributed by atoms with Gasteiger partial charge in [-0.2, -0.15) is 0 Å². The number of ether oxygens (including phenoxy) is 1. The van der Waals surface area contributed by atoms with E-state index in [-0.39, 0.29) is 17.8 Å². The minimum Gasteiger partial charge on any atom is -0.452 e. The molecule has 0 unspecified atom stereocenters. The molecule has 1 aliphatic rings. The molecular formula is C20H24N4O3. The lowest BCUT2D eigenvalue weighted by Gasteiger charge is -2.31. The average molecular weight is 368 g/mol. The lowest BCUT2D eigenvalue weighted by Crippen LogP contribution is -2.41. The molecule has 0 radical (unpaired) electrons. The first-order chi connectivity index (χ1) is 13.1. The molecule has 1 amide bonds. The highest BCUT2D eigenvalue weighted by Gasteiger charge is 2.30. The fourth-order valence-electron chi connectivity index (χ4n) is 3.14. The largest absolute Gasteiger partial charge is 0.452 e. The van der Waals surface area contributed by atoms with Gasteiger partial charge >= 0.3 is 5.97 Å². The summed E-state index contributed by atoms with van der Waals surface area (Å²) in [4.78, 5) is 37.0. The number of likely N-dealkylation sites (N-methyl/N-ethyl adjacent to an activating group) is 1. The monoisotopic (exact) mass is 368 g/mol. The Balaban J connectivity index is 1.51. The van der Waals surface area contributed by atoms with Crippen molar-refractivity contribution in [3.8, 4) is 0 Å². The fourth-order valence-corrected chi connectivity index (χ4v) is 3.14. The highest BCUT2D eigenvalue weighted by Crippen LogP contribution is 2.22. The lowest BCUT2D eigenvalue weighted by atomic mass is 9.97. The molecule has 0 spiro atoms.